The number of carbonyl (C=O) groups is 1. The minimum Gasteiger partial charge on any atom is -0.488 e. The molecule has 0 aliphatic carbocycles. The number of hydrogen-bond donors (Lipinski definition) is 1. The van der Waals surface area contributed by atoms with E-state index in [0.29, 0.717) is 34.1 Å². The lowest BCUT2D eigenvalue weighted by Gasteiger charge is -2.11. The molecule has 1 N–H and O–H groups in total. The molecule has 0 spiro atoms. The number of benzene rings is 2. The van der Waals surface area contributed by atoms with Crippen molar-refractivity contribution < 1.29 is 22.7 Å². The second-order valence-electron chi connectivity index (χ2n) is 7.08. The maximum Gasteiger partial charge on any atom is 0.416 e. The molecule has 5 nitrogen and oxygen atoms in total. The van der Waals surface area contributed by atoms with Gasteiger partial charge in [0.15, 0.2) is 0 Å². The Labute approximate surface area is 182 Å². The third kappa shape index (κ3) is 6.28. The number of aromatic nitrogens is 1. The molecule has 0 saturated carbocycles. The predicted molar refractivity (Wildman–Crippen MR) is 114 cm³/mol. The molecule has 3 rings (SSSR count). The molecule has 2 aromatic carbocycles. The van der Waals surface area contributed by atoms with Gasteiger partial charge in [-0.2, -0.15) is 13.2 Å². The molecule has 9 heteroatoms. The summed E-state index contributed by atoms with van der Waals surface area (Å²) < 4.78 is 44.0. The fourth-order valence-corrected chi connectivity index (χ4v) is 3.54. The summed E-state index contributed by atoms with van der Waals surface area (Å²) in [7, 11) is 3.85. The summed E-state index contributed by atoms with van der Waals surface area (Å²) >= 11 is 1.32. The van der Waals surface area contributed by atoms with Gasteiger partial charge in [0, 0.05) is 18.5 Å². The van der Waals surface area contributed by atoms with E-state index in [1.165, 1.54) is 23.5 Å². The molecule has 3 aromatic rings. The molecule has 0 saturated heterocycles. The maximum absolute atomic E-state index is 12.7. The first kappa shape index (κ1) is 22.8. The monoisotopic (exact) mass is 449 g/mol. The van der Waals surface area contributed by atoms with Crippen LogP contribution in [0.3, 0.4) is 0 Å². The van der Waals surface area contributed by atoms with Crippen molar-refractivity contribution in [2.45, 2.75) is 12.8 Å². The molecule has 0 unspecified atom stereocenters. The largest absolute Gasteiger partial charge is 0.488 e. The second kappa shape index (κ2) is 9.93. The zero-order valence-electron chi connectivity index (χ0n) is 17.1. The highest BCUT2D eigenvalue weighted by Crippen LogP contribution is 2.33. The van der Waals surface area contributed by atoms with E-state index in [1.54, 1.807) is 17.5 Å². The van der Waals surface area contributed by atoms with Crippen molar-refractivity contribution in [2.75, 3.05) is 27.2 Å². The van der Waals surface area contributed by atoms with Crippen LogP contribution in [0.4, 0.5) is 13.2 Å². The Balaban J connectivity index is 1.68. The number of likely N-dealkylation sites (N-methyl/N-ethyl adjacent to an activating group) is 1. The minimum absolute atomic E-state index is 0.110. The Bertz CT molecular complexity index is 1020. The highest BCUT2D eigenvalue weighted by atomic mass is 32.1. The summed E-state index contributed by atoms with van der Waals surface area (Å²) in [5.74, 6) is 0.295. The van der Waals surface area contributed by atoms with Gasteiger partial charge in [0.25, 0.3) is 5.91 Å². The van der Waals surface area contributed by atoms with Gasteiger partial charge in [0.2, 0.25) is 0 Å². The minimum atomic E-state index is -4.37. The van der Waals surface area contributed by atoms with Crippen LogP contribution in [0, 0.1) is 0 Å². The predicted octanol–water partition coefficient (Wildman–Crippen LogP) is 4.70. The molecule has 1 amide bonds. The number of carbonyl (C=O) groups excluding carboxylic acids is 1. The Morgan fingerprint density at radius 2 is 1.84 bits per heavy atom. The summed E-state index contributed by atoms with van der Waals surface area (Å²) in [6.07, 6.45) is -4.37. The third-order valence-corrected chi connectivity index (χ3v) is 5.25. The molecule has 0 fully saturated rings. The van der Waals surface area contributed by atoms with E-state index in [1.807, 2.05) is 31.1 Å². The molecule has 0 aliphatic heterocycles. The molecule has 0 bridgehead atoms. The van der Waals surface area contributed by atoms with Crippen LogP contribution in [-0.2, 0) is 12.8 Å². The highest BCUT2D eigenvalue weighted by Gasteiger charge is 2.29. The van der Waals surface area contributed by atoms with E-state index in [-0.39, 0.29) is 12.5 Å². The average Bonchev–Trinajstić information content (AvgIpc) is 3.22. The van der Waals surface area contributed by atoms with Crippen molar-refractivity contribution in [2.24, 2.45) is 0 Å². The number of rotatable bonds is 8. The van der Waals surface area contributed by atoms with Crippen LogP contribution in [0.25, 0.3) is 10.6 Å². The van der Waals surface area contributed by atoms with Crippen molar-refractivity contribution in [3.63, 3.8) is 0 Å². The molecule has 1 heterocycles. The number of nitrogens with one attached hydrogen (secondary N) is 1. The van der Waals surface area contributed by atoms with Gasteiger partial charge >= 0.3 is 6.18 Å². The molecule has 31 heavy (non-hydrogen) atoms. The van der Waals surface area contributed by atoms with Gasteiger partial charge in [-0.05, 0) is 43.9 Å². The number of thiazole rings is 1. The van der Waals surface area contributed by atoms with Gasteiger partial charge in [-0.1, -0.05) is 24.3 Å². The fraction of sp³-hybridized carbons (Fsp3) is 0.273. The SMILES string of the molecule is CN(C)CCNC(=O)c1csc(-c2ccccc2OCc2ccc(C(F)(F)F)cc2)n1. The number of halogens is 3. The van der Waals surface area contributed by atoms with Gasteiger partial charge in [-0.25, -0.2) is 4.98 Å². The fourth-order valence-electron chi connectivity index (χ4n) is 2.71. The standard InChI is InChI=1S/C22H22F3N3O2S/c1-28(2)12-11-26-20(29)18-14-31-21(27-18)17-5-3-4-6-19(17)30-13-15-7-9-16(10-8-15)22(23,24)25/h3-10,14H,11-13H2,1-2H3,(H,26,29). The van der Waals surface area contributed by atoms with Gasteiger partial charge in [0.05, 0.1) is 11.1 Å². The van der Waals surface area contributed by atoms with Crippen molar-refractivity contribution in [1.82, 2.24) is 15.2 Å². The second-order valence-corrected chi connectivity index (χ2v) is 7.93. The van der Waals surface area contributed by atoms with E-state index in [0.717, 1.165) is 18.7 Å². The number of ether oxygens (including phenoxy) is 1. The molecular weight excluding hydrogens is 427 g/mol. The normalized spacial score (nSPS) is 11.5. The van der Waals surface area contributed by atoms with Crippen LogP contribution in [0.15, 0.2) is 53.9 Å². The molecular formula is C22H22F3N3O2S. The van der Waals surface area contributed by atoms with Gasteiger partial charge < -0.3 is 15.0 Å². The molecule has 0 atom stereocenters. The molecule has 0 radical (unpaired) electrons. The molecule has 1 aromatic heterocycles. The van der Waals surface area contributed by atoms with Gasteiger partial charge in [-0.3, -0.25) is 4.79 Å². The zero-order valence-corrected chi connectivity index (χ0v) is 17.9. The number of para-hydroxylation sites is 1. The number of amides is 1. The maximum atomic E-state index is 12.7. The van der Waals surface area contributed by atoms with E-state index in [2.05, 4.69) is 10.3 Å². The summed E-state index contributed by atoms with van der Waals surface area (Å²) in [5, 5.41) is 5.14. The third-order valence-electron chi connectivity index (χ3n) is 4.37. The van der Waals surface area contributed by atoms with Crippen LogP contribution in [0.5, 0.6) is 5.75 Å². The number of alkyl halides is 3. The van der Waals surface area contributed by atoms with Gasteiger partial charge in [0.1, 0.15) is 23.1 Å². The summed E-state index contributed by atoms with van der Waals surface area (Å²) in [6, 6.07) is 12.1. The van der Waals surface area contributed by atoms with E-state index < -0.39 is 11.7 Å². The topological polar surface area (TPSA) is 54.5 Å². The quantitative estimate of drug-likeness (QED) is 0.542. The van der Waals surface area contributed by atoms with E-state index >= 15 is 0 Å². The highest BCUT2D eigenvalue weighted by molar-refractivity contribution is 7.13. The van der Waals surface area contributed by atoms with Crippen molar-refractivity contribution in [3.8, 4) is 16.3 Å². The zero-order chi connectivity index (χ0) is 22.4. The van der Waals surface area contributed by atoms with E-state index in [4.69, 9.17) is 4.74 Å². The Hall–Kier alpha value is -2.91. The van der Waals surface area contributed by atoms with Crippen LogP contribution < -0.4 is 10.1 Å². The average molecular weight is 449 g/mol. The van der Waals surface area contributed by atoms with Crippen LogP contribution >= 0.6 is 11.3 Å². The van der Waals surface area contributed by atoms with Crippen molar-refractivity contribution in [3.05, 3.63) is 70.7 Å². The lowest BCUT2D eigenvalue weighted by molar-refractivity contribution is -0.137. The Morgan fingerprint density at radius 1 is 1.13 bits per heavy atom. The molecule has 164 valence electrons. The Morgan fingerprint density at radius 3 is 2.52 bits per heavy atom. The van der Waals surface area contributed by atoms with Crippen LogP contribution in [-0.4, -0.2) is 43.0 Å². The lowest BCUT2D eigenvalue weighted by Crippen LogP contribution is -2.31. The lowest BCUT2D eigenvalue weighted by atomic mass is 10.1. The first-order valence-electron chi connectivity index (χ1n) is 9.51. The summed E-state index contributed by atoms with van der Waals surface area (Å²) in [5.41, 5.74) is 0.960. The van der Waals surface area contributed by atoms with Crippen LogP contribution in [0.1, 0.15) is 21.6 Å². The van der Waals surface area contributed by atoms with Crippen molar-refractivity contribution in [1.29, 1.82) is 0 Å². The molecule has 0 aliphatic rings. The summed E-state index contributed by atoms with van der Waals surface area (Å²) in [6.45, 7) is 1.35. The summed E-state index contributed by atoms with van der Waals surface area (Å²) in [4.78, 5) is 18.7. The number of hydrogen-bond acceptors (Lipinski definition) is 5. The first-order chi connectivity index (χ1) is 14.7. The van der Waals surface area contributed by atoms with Crippen molar-refractivity contribution >= 4 is 17.2 Å². The Kier molecular flexibility index (Phi) is 7.29. The number of nitrogens with zero attached hydrogens (tertiary/aromatic N) is 2. The van der Waals surface area contributed by atoms with Gasteiger partial charge in [-0.15, -0.1) is 11.3 Å². The smallest absolute Gasteiger partial charge is 0.416 e. The van der Waals surface area contributed by atoms with E-state index in [9.17, 15) is 18.0 Å². The first-order valence-corrected chi connectivity index (χ1v) is 10.4. The van der Waals surface area contributed by atoms with Crippen LogP contribution in [0.2, 0.25) is 0 Å².